The molecule has 0 aromatic heterocycles. The van der Waals surface area contributed by atoms with E-state index in [1.165, 1.54) is 0 Å². The predicted molar refractivity (Wildman–Crippen MR) is 46.9 cm³/mol. The molecule has 0 radical (unpaired) electrons. The molecule has 3 N–H and O–H groups in total. The largest absolute Gasteiger partial charge is 0.390 e. The van der Waals surface area contributed by atoms with Crippen LogP contribution in [0.5, 0.6) is 0 Å². The van der Waals surface area contributed by atoms with Gasteiger partial charge in [0.25, 0.3) is 0 Å². The zero-order valence-corrected chi connectivity index (χ0v) is 8.21. The molecule has 4 heteroatoms. The van der Waals surface area contributed by atoms with Crippen LogP contribution in [0.2, 0.25) is 0 Å². The van der Waals surface area contributed by atoms with Gasteiger partial charge in [0.2, 0.25) is 0 Å². The Hall–Kier alpha value is -0.160. The van der Waals surface area contributed by atoms with Gasteiger partial charge in [-0.25, -0.2) is 0 Å². The molecule has 1 aliphatic heterocycles. The minimum Gasteiger partial charge on any atom is -0.390 e. The highest BCUT2D eigenvalue weighted by Gasteiger charge is 2.42. The summed E-state index contributed by atoms with van der Waals surface area (Å²) >= 11 is 0. The summed E-state index contributed by atoms with van der Waals surface area (Å²) in [6.07, 6.45) is -3.28. The highest BCUT2D eigenvalue weighted by Crippen LogP contribution is 2.27. The van der Waals surface area contributed by atoms with Crippen molar-refractivity contribution in [3.8, 4) is 0 Å². The highest BCUT2D eigenvalue weighted by atomic mass is 16.6. The lowest BCUT2D eigenvalue weighted by Crippen LogP contribution is -2.55. The molecule has 0 aromatic rings. The van der Waals surface area contributed by atoms with Crippen LogP contribution in [0.1, 0.15) is 20.8 Å². The molecule has 13 heavy (non-hydrogen) atoms. The number of ether oxygens (including phenoxy) is 1. The van der Waals surface area contributed by atoms with Gasteiger partial charge in [0.15, 0.2) is 6.29 Å². The number of aliphatic hydroxyl groups excluding tert-OH is 3. The summed E-state index contributed by atoms with van der Waals surface area (Å²) in [5.41, 5.74) is 0. The molecule has 0 bridgehead atoms. The van der Waals surface area contributed by atoms with Crippen LogP contribution in [0.25, 0.3) is 0 Å². The minimum absolute atomic E-state index is 0.0757. The standard InChI is InChI=1S/C9H18O4/c1-4(2)8-7(11)6(10)5(3)9(12)13-8/h4-12H,1-3H3/t5-,6-,7+,8-,9-/m1/s1. The zero-order chi connectivity index (χ0) is 10.2. The van der Waals surface area contributed by atoms with Crippen LogP contribution in [0.15, 0.2) is 0 Å². The van der Waals surface area contributed by atoms with E-state index in [1.54, 1.807) is 6.92 Å². The Labute approximate surface area is 78.1 Å². The Morgan fingerprint density at radius 1 is 1.08 bits per heavy atom. The van der Waals surface area contributed by atoms with Crippen molar-refractivity contribution in [1.29, 1.82) is 0 Å². The second-order valence-corrected chi connectivity index (χ2v) is 4.08. The monoisotopic (exact) mass is 190 g/mol. The van der Waals surface area contributed by atoms with Gasteiger partial charge in [0.1, 0.15) is 6.10 Å². The van der Waals surface area contributed by atoms with Crippen LogP contribution < -0.4 is 0 Å². The highest BCUT2D eigenvalue weighted by molar-refractivity contribution is 4.87. The molecular formula is C9H18O4. The number of hydrogen-bond acceptors (Lipinski definition) is 4. The Morgan fingerprint density at radius 3 is 2.08 bits per heavy atom. The van der Waals surface area contributed by atoms with Crippen molar-refractivity contribution >= 4 is 0 Å². The molecule has 4 nitrogen and oxygen atoms in total. The Balaban J connectivity index is 2.70. The van der Waals surface area contributed by atoms with Gasteiger partial charge in [0.05, 0.1) is 12.2 Å². The second-order valence-electron chi connectivity index (χ2n) is 4.08. The van der Waals surface area contributed by atoms with E-state index in [1.807, 2.05) is 13.8 Å². The summed E-state index contributed by atoms with van der Waals surface area (Å²) in [7, 11) is 0. The van der Waals surface area contributed by atoms with Gasteiger partial charge >= 0.3 is 0 Å². The van der Waals surface area contributed by atoms with E-state index in [2.05, 4.69) is 0 Å². The molecular weight excluding hydrogens is 172 g/mol. The molecule has 0 aromatic carbocycles. The van der Waals surface area contributed by atoms with Crippen LogP contribution in [0.4, 0.5) is 0 Å². The Bertz CT molecular complexity index is 171. The van der Waals surface area contributed by atoms with Gasteiger partial charge in [0, 0.05) is 5.92 Å². The number of aliphatic hydroxyl groups is 3. The van der Waals surface area contributed by atoms with E-state index in [0.29, 0.717) is 0 Å². The molecule has 78 valence electrons. The van der Waals surface area contributed by atoms with E-state index in [-0.39, 0.29) is 5.92 Å². The maximum atomic E-state index is 9.61. The summed E-state index contributed by atoms with van der Waals surface area (Å²) in [4.78, 5) is 0. The topological polar surface area (TPSA) is 69.9 Å². The first kappa shape index (κ1) is 10.9. The maximum Gasteiger partial charge on any atom is 0.160 e. The van der Waals surface area contributed by atoms with Crippen molar-refractivity contribution in [1.82, 2.24) is 0 Å². The first-order valence-corrected chi connectivity index (χ1v) is 4.64. The van der Waals surface area contributed by atoms with Gasteiger partial charge in [-0.15, -0.1) is 0 Å². The fourth-order valence-corrected chi connectivity index (χ4v) is 1.59. The smallest absolute Gasteiger partial charge is 0.160 e. The molecule has 0 aliphatic carbocycles. The molecule has 1 saturated heterocycles. The van der Waals surface area contributed by atoms with Crippen LogP contribution in [0, 0.1) is 11.8 Å². The Kier molecular flexibility index (Phi) is 3.29. The summed E-state index contributed by atoms with van der Waals surface area (Å²) in [5, 5.41) is 28.5. The third kappa shape index (κ3) is 2.02. The van der Waals surface area contributed by atoms with Crippen LogP contribution in [-0.4, -0.2) is 39.9 Å². The van der Waals surface area contributed by atoms with Crippen molar-refractivity contribution in [2.75, 3.05) is 0 Å². The first-order valence-electron chi connectivity index (χ1n) is 4.64. The van der Waals surface area contributed by atoms with Crippen molar-refractivity contribution in [2.45, 2.75) is 45.4 Å². The molecule has 0 amide bonds. The SMILES string of the molecule is CC(C)[C@H]1O[C@@H](O)[C@H](C)[C@@H](O)[C@@H]1O. The first-order chi connectivity index (χ1) is 5.95. The van der Waals surface area contributed by atoms with E-state index in [9.17, 15) is 15.3 Å². The quantitative estimate of drug-likeness (QED) is 0.532. The minimum atomic E-state index is -0.981. The summed E-state index contributed by atoms with van der Waals surface area (Å²) in [6, 6.07) is 0. The normalized spacial score (nSPS) is 46.8. The number of rotatable bonds is 1. The molecule has 1 fully saturated rings. The predicted octanol–water partition coefficient (Wildman–Crippen LogP) is -0.282. The summed E-state index contributed by atoms with van der Waals surface area (Å²) < 4.78 is 5.19. The lowest BCUT2D eigenvalue weighted by Gasteiger charge is -2.41. The van der Waals surface area contributed by atoms with E-state index >= 15 is 0 Å². The fourth-order valence-electron chi connectivity index (χ4n) is 1.59. The van der Waals surface area contributed by atoms with E-state index in [4.69, 9.17) is 4.74 Å². The van der Waals surface area contributed by atoms with Gasteiger partial charge in [-0.2, -0.15) is 0 Å². The molecule has 1 rings (SSSR count). The molecule has 1 aliphatic rings. The second kappa shape index (κ2) is 3.92. The number of hydrogen-bond donors (Lipinski definition) is 3. The maximum absolute atomic E-state index is 9.61. The fraction of sp³-hybridized carbons (Fsp3) is 1.00. The molecule has 5 atom stereocenters. The van der Waals surface area contributed by atoms with Crippen LogP contribution in [0.3, 0.4) is 0 Å². The van der Waals surface area contributed by atoms with Gasteiger partial charge in [-0.05, 0) is 5.92 Å². The average molecular weight is 190 g/mol. The van der Waals surface area contributed by atoms with Crippen molar-refractivity contribution < 1.29 is 20.1 Å². The van der Waals surface area contributed by atoms with Crippen molar-refractivity contribution in [3.63, 3.8) is 0 Å². The third-order valence-corrected chi connectivity index (χ3v) is 2.63. The summed E-state index contributed by atoms with van der Waals surface area (Å²) in [5.74, 6) is -0.364. The lowest BCUT2D eigenvalue weighted by molar-refractivity contribution is -0.269. The molecule has 0 saturated carbocycles. The van der Waals surface area contributed by atoms with Gasteiger partial charge in [-0.1, -0.05) is 20.8 Å². The average Bonchev–Trinajstić information content (AvgIpc) is 2.07. The molecule has 1 heterocycles. The lowest BCUT2D eigenvalue weighted by atomic mass is 9.88. The molecule has 0 spiro atoms. The Morgan fingerprint density at radius 2 is 1.62 bits per heavy atom. The van der Waals surface area contributed by atoms with Crippen molar-refractivity contribution in [2.24, 2.45) is 11.8 Å². The van der Waals surface area contributed by atoms with Crippen LogP contribution in [-0.2, 0) is 4.74 Å². The van der Waals surface area contributed by atoms with E-state index < -0.39 is 30.5 Å². The van der Waals surface area contributed by atoms with Gasteiger partial charge in [-0.3, -0.25) is 0 Å². The van der Waals surface area contributed by atoms with Crippen molar-refractivity contribution in [3.05, 3.63) is 0 Å². The van der Waals surface area contributed by atoms with Gasteiger partial charge < -0.3 is 20.1 Å². The van der Waals surface area contributed by atoms with E-state index in [0.717, 1.165) is 0 Å². The summed E-state index contributed by atoms with van der Waals surface area (Å²) in [6.45, 7) is 5.40. The third-order valence-electron chi connectivity index (χ3n) is 2.63. The van der Waals surface area contributed by atoms with Crippen LogP contribution >= 0.6 is 0 Å². The molecule has 0 unspecified atom stereocenters. The zero-order valence-electron chi connectivity index (χ0n) is 8.21.